The van der Waals surface area contributed by atoms with Crippen LogP contribution < -0.4 is 10.9 Å². The first-order valence-corrected chi connectivity index (χ1v) is 5.21. The highest BCUT2D eigenvalue weighted by Gasteiger charge is 2.24. The summed E-state index contributed by atoms with van der Waals surface area (Å²) in [5, 5.41) is 5.79. The van der Waals surface area contributed by atoms with Gasteiger partial charge < -0.3 is 9.84 Å². The van der Waals surface area contributed by atoms with E-state index in [-0.39, 0.29) is 5.56 Å². The molecule has 4 heteroatoms. The first-order valence-electron chi connectivity index (χ1n) is 5.21. The summed E-state index contributed by atoms with van der Waals surface area (Å²) in [5.74, 6) is 1.22. The van der Waals surface area contributed by atoms with Crippen molar-refractivity contribution in [3.05, 3.63) is 22.2 Å². The predicted molar refractivity (Wildman–Crippen MR) is 53.4 cm³/mol. The van der Waals surface area contributed by atoms with E-state index in [4.69, 9.17) is 4.52 Å². The van der Waals surface area contributed by atoms with Gasteiger partial charge in [-0.2, -0.15) is 5.16 Å². The number of piperidine rings is 1. The summed E-state index contributed by atoms with van der Waals surface area (Å²) in [5.41, 5.74) is -0.133. The molecule has 1 aliphatic heterocycles. The molecule has 0 amide bonds. The van der Waals surface area contributed by atoms with E-state index < -0.39 is 0 Å². The van der Waals surface area contributed by atoms with Crippen LogP contribution in [0.25, 0.3) is 0 Å². The zero-order valence-corrected chi connectivity index (χ0v) is 8.38. The lowest BCUT2D eigenvalue weighted by atomic mass is 9.89. The van der Waals surface area contributed by atoms with Gasteiger partial charge in [0.05, 0.1) is 0 Å². The number of nitrogens with one attached hydrogen (secondary N) is 2. The second kappa shape index (κ2) is 4.00. The quantitative estimate of drug-likeness (QED) is 0.747. The van der Waals surface area contributed by atoms with Crippen LogP contribution in [-0.2, 0) is 0 Å². The molecule has 2 atom stereocenters. The van der Waals surface area contributed by atoms with Gasteiger partial charge in [0.1, 0.15) is 5.76 Å². The minimum absolute atomic E-state index is 0.133. The molecule has 1 fully saturated rings. The maximum Gasteiger partial charge on any atom is 0.280 e. The normalized spacial score (nSPS) is 27.8. The van der Waals surface area contributed by atoms with E-state index in [9.17, 15) is 4.79 Å². The summed E-state index contributed by atoms with van der Waals surface area (Å²) in [7, 11) is 0. The van der Waals surface area contributed by atoms with E-state index in [1.807, 2.05) is 0 Å². The number of aromatic amines is 1. The Kier molecular flexibility index (Phi) is 2.72. The highest BCUT2D eigenvalue weighted by atomic mass is 16.5. The fourth-order valence-corrected chi connectivity index (χ4v) is 2.07. The topological polar surface area (TPSA) is 58.0 Å². The van der Waals surface area contributed by atoms with Gasteiger partial charge in [-0.1, -0.05) is 6.92 Å². The third-order valence-corrected chi connectivity index (χ3v) is 2.93. The van der Waals surface area contributed by atoms with Crippen LogP contribution in [0.2, 0.25) is 0 Å². The SMILES string of the molecule is CCC1CC(c2cc(=O)[nH]o2)CCN1. The van der Waals surface area contributed by atoms with E-state index in [1.54, 1.807) is 6.07 Å². The summed E-state index contributed by atoms with van der Waals surface area (Å²) >= 11 is 0. The van der Waals surface area contributed by atoms with Gasteiger partial charge in [0, 0.05) is 18.0 Å². The van der Waals surface area contributed by atoms with Crippen LogP contribution in [0.15, 0.2) is 15.4 Å². The zero-order chi connectivity index (χ0) is 9.97. The van der Waals surface area contributed by atoms with Crippen LogP contribution >= 0.6 is 0 Å². The third kappa shape index (κ3) is 1.90. The fraction of sp³-hybridized carbons (Fsp3) is 0.700. The Bertz CT molecular complexity index is 342. The van der Waals surface area contributed by atoms with Gasteiger partial charge in [-0.05, 0) is 25.8 Å². The molecule has 2 N–H and O–H groups in total. The van der Waals surface area contributed by atoms with Crippen LogP contribution in [0.1, 0.15) is 37.9 Å². The number of aromatic nitrogens is 1. The van der Waals surface area contributed by atoms with E-state index in [2.05, 4.69) is 17.4 Å². The summed E-state index contributed by atoms with van der Waals surface area (Å²) in [4.78, 5) is 10.9. The first kappa shape index (κ1) is 9.52. The third-order valence-electron chi connectivity index (χ3n) is 2.93. The minimum Gasteiger partial charge on any atom is -0.383 e. The fourth-order valence-electron chi connectivity index (χ4n) is 2.07. The van der Waals surface area contributed by atoms with Gasteiger partial charge in [0.15, 0.2) is 0 Å². The van der Waals surface area contributed by atoms with Crippen molar-refractivity contribution >= 4 is 0 Å². The van der Waals surface area contributed by atoms with Gasteiger partial charge >= 0.3 is 0 Å². The zero-order valence-electron chi connectivity index (χ0n) is 8.38. The van der Waals surface area contributed by atoms with Gasteiger partial charge in [-0.15, -0.1) is 0 Å². The molecular weight excluding hydrogens is 180 g/mol. The van der Waals surface area contributed by atoms with Crippen LogP contribution in [-0.4, -0.2) is 17.7 Å². The molecule has 14 heavy (non-hydrogen) atoms. The molecule has 0 spiro atoms. The van der Waals surface area contributed by atoms with Crippen LogP contribution in [0, 0.1) is 0 Å². The Hall–Kier alpha value is -1.03. The number of H-pyrrole nitrogens is 1. The molecule has 1 aromatic rings. The van der Waals surface area contributed by atoms with Gasteiger partial charge in [0.25, 0.3) is 5.56 Å². The Morgan fingerprint density at radius 2 is 2.50 bits per heavy atom. The maximum atomic E-state index is 10.9. The average molecular weight is 196 g/mol. The standard InChI is InChI=1S/C10H16N2O2/c1-2-8-5-7(3-4-11-8)9-6-10(13)12-14-9/h6-8,11H,2-5H2,1H3,(H,12,13). The predicted octanol–water partition coefficient (Wildman–Crippen LogP) is 1.21. The lowest BCUT2D eigenvalue weighted by Crippen LogP contribution is -2.36. The number of hydrogen-bond acceptors (Lipinski definition) is 3. The van der Waals surface area contributed by atoms with Crippen molar-refractivity contribution in [1.82, 2.24) is 10.5 Å². The smallest absolute Gasteiger partial charge is 0.280 e. The van der Waals surface area contributed by atoms with Crippen LogP contribution in [0.5, 0.6) is 0 Å². The molecule has 2 heterocycles. The molecule has 78 valence electrons. The molecule has 0 radical (unpaired) electrons. The summed E-state index contributed by atoms with van der Waals surface area (Å²) < 4.78 is 5.13. The summed E-state index contributed by atoms with van der Waals surface area (Å²) in [6.45, 7) is 3.19. The van der Waals surface area contributed by atoms with Crippen molar-refractivity contribution in [2.45, 2.75) is 38.1 Å². The van der Waals surface area contributed by atoms with E-state index in [0.29, 0.717) is 12.0 Å². The monoisotopic (exact) mass is 196 g/mol. The van der Waals surface area contributed by atoms with Crippen molar-refractivity contribution < 1.29 is 4.52 Å². The second-order valence-electron chi connectivity index (χ2n) is 3.90. The highest BCUT2D eigenvalue weighted by Crippen LogP contribution is 2.27. The maximum absolute atomic E-state index is 10.9. The largest absolute Gasteiger partial charge is 0.383 e. The van der Waals surface area contributed by atoms with Crippen LogP contribution in [0.4, 0.5) is 0 Å². The molecule has 0 aliphatic carbocycles. The van der Waals surface area contributed by atoms with E-state index >= 15 is 0 Å². The molecule has 2 rings (SSSR count). The van der Waals surface area contributed by atoms with Crippen LogP contribution in [0.3, 0.4) is 0 Å². The summed E-state index contributed by atoms with van der Waals surface area (Å²) in [6, 6.07) is 2.14. The Morgan fingerprint density at radius 3 is 3.14 bits per heavy atom. The van der Waals surface area contributed by atoms with E-state index in [1.165, 1.54) is 0 Å². The number of hydrogen-bond donors (Lipinski definition) is 2. The molecule has 1 aliphatic rings. The molecule has 1 aromatic heterocycles. The molecule has 2 unspecified atom stereocenters. The molecule has 4 nitrogen and oxygen atoms in total. The van der Waals surface area contributed by atoms with Crippen molar-refractivity contribution in [2.75, 3.05) is 6.54 Å². The highest BCUT2D eigenvalue weighted by molar-refractivity contribution is 5.04. The molecule has 0 saturated carbocycles. The van der Waals surface area contributed by atoms with Gasteiger partial charge in [-0.3, -0.25) is 4.79 Å². The van der Waals surface area contributed by atoms with Crippen molar-refractivity contribution in [3.8, 4) is 0 Å². The Balaban J connectivity index is 2.07. The first-order chi connectivity index (χ1) is 6.79. The number of rotatable bonds is 2. The molecule has 1 saturated heterocycles. The summed E-state index contributed by atoms with van der Waals surface area (Å²) in [6.07, 6.45) is 3.25. The molecular formula is C10H16N2O2. The molecule has 0 bridgehead atoms. The second-order valence-corrected chi connectivity index (χ2v) is 3.90. The lowest BCUT2D eigenvalue weighted by molar-refractivity contribution is 0.290. The Labute approximate surface area is 82.7 Å². The lowest BCUT2D eigenvalue weighted by Gasteiger charge is -2.27. The van der Waals surface area contributed by atoms with Crippen molar-refractivity contribution in [2.24, 2.45) is 0 Å². The Morgan fingerprint density at radius 1 is 1.64 bits per heavy atom. The van der Waals surface area contributed by atoms with Crippen molar-refractivity contribution in [1.29, 1.82) is 0 Å². The average Bonchev–Trinajstić information content (AvgIpc) is 2.65. The van der Waals surface area contributed by atoms with Crippen molar-refractivity contribution in [3.63, 3.8) is 0 Å². The molecule has 0 aromatic carbocycles. The van der Waals surface area contributed by atoms with Gasteiger partial charge in [-0.25, -0.2) is 0 Å². The van der Waals surface area contributed by atoms with E-state index in [0.717, 1.165) is 31.6 Å². The minimum atomic E-state index is -0.133. The van der Waals surface area contributed by atoms with Gasteiger partial charge in [0.2, 0.25) is 0 Å².